The lowest BCUT2D eigenvalue weighted by Crippen LogP contribution is -2.32. The molecule has 0 aliphatic rings. The monoisotopic (exact) mass is 338 g/mol. The van der Waals surface area contributed by atoms with E-state index in [9.17, 15) is 4.79 Å². The first-order chi connectivity index (χ1) is 12.9. The number of nitrogens with one attached hydrogen (secondary N) is 1. The van der Waals surface area contributed by atoms with Crippen LogP contribution in [0.5, 0.6) is 0 Å². The molecule has 0 atom stereocenters. The summed E-state index contributed by atoms with van der Waals surface area (Å²) in [6, 6.07) is 28.3. The summed E-state index contributed by atoms with van der Waals surface area (Å²) >= 11 is 0. The van der Waals surface area contributed by atoms with E-state index in [0.29, 0.717) is 5.56 Å². The van der Waals surface area contributed by atoms with Crippen LogP contribution in [0.15, 0.2) is 97.3 Å². The number of aldehydes is 1. The lowest BCUT2D eigenvalue weighted by molar-refractivity contribution is 0.112. The highest BCUT2D eigenvalue weighted by molar-refractivity contribution is 5.75. The van der Waals surface area contributed by atoms with E-state index >= 15 is 0 Å². The molecule has 1 aromatic heterocycles. The van der Waals surface area contributed by atoms with Crippen LogP contribution in [-0.2, 0) is 5.41 Å². The normalized spacial score (nSPS) is 11.2. The van der Waals surface area contributed by atoms with Gasteiger partial charge in [-0.3, -0.25) is 4.79 Å². The van der Waals surface area contributed by atoms with Gasteiger partial charge in [-0.25, -0.2) is 4.98 Å². The largest absolute Gasteiger partial charge is 0.347 e. The molecule has 0 fully saturated rings. The number of rotatable bonds is 5. The summed E-state index contributed by atoms with van der Waals surface area (Å²) in [5.74, 6) is 0.841. The Morgan fingerprint density at radius 2 is 1.27 bits per heavy atom. The molecular weight excluding hydrogens is 320 g/mol. The third-order valence-electron chi connectivity index (χ3n) is 4.75. The van der Waals surface area contributed by atoms with Crippen molar-refractivity contribution in [1.29, 1.82) is 0 Å². The molecule has 3 nitrogen and oxygen atoms in total. The number of carbonyl (C=O) groups is 1. The van der Waals surface area contributed by atoms with E-state index in [-0.39, 0.29) is 0 Å². The highest BCUT2D eigenvalue weighted by Gasteiger charge is 2.40. The lowest BCUT2D eigenvalue weighted by Gasteiger charge is -2.34. The van der Waals surface area contributed by atoms with Gasteiger partial charge in [0.15, 0.2) is 0 Å². The van der Waals surface area contributed by atoms with Crippen LogP contribution in [-0.4, -0.2) is 16.3 Å². The van der Waals surface area contributed by atoms with E-state index in [1.54, 1.807) is 6.20 Å². The van der Waals surface area contributed by atoms with E-state index in [1.807, 2.05) is 66.9 Å². The summed E-state index contributed by atoms with van der Waals surface area (Å²) in [6.45, 7) is 0. The quantitative estimate of drug-likeness (QED) is 0.427. The van der Waals surface area contributed by atoms with Gasteiger partial charge < -0.3 is 4.98 Å². The first-order valence-corrected chi connectivity index (χ1v) is 8.52. The van der Waals surface area contributed by atoms with Crippen LogP contribution in [0.1, 0.15) is 32.9 Å². The molecule has 0 unspecified atom stereocenters. The second kappa shape index (κ2) is 6.81. The van der Waals surface area contributed by atoms with Crippen molar-refractivity contribution < 1.29 is 4.79 Å². The zero-order valence-electron chi connectivity index (χ0n) is 14.2. The van der Waals surface area contributed by atoms with Gasteiger partial charge in [-0.1, -0.05) is 84.9 Å². The smallest absolute Gasteiger partial charge is 0.150 e. The van der Waals surface area contributed by atoms with Crippen molar-refractivity contribution in [2.45, 2.75) is 5.41 Å². The minimum Gasteiger partial charge on any atom is -0.347 e. The predicted octanol–water partition coefficient (Wildman–Crippen LogP) is 4.60. The first kappa shape index (κ1) is 16.0. The Morgan fingerprint density at radius 1 is 0.731 bits per heavy atom. The number of hydrogen-bond donors (Lipinski definition) is 1. The average Bonchev–Trinajstić information content (AvgIpc) is 3.26. The minimum atomic E-state index is -0.590. The number of aromatic amines is 1. The highest BCUT2D eigenvalue weighted by Crippen LogP contribution is 2.43. The molecule has 0 saturated carbocycles. The molecule has 3 heteroatoms. The van der Waals surface area contributed by atoms with Crippen LogP contribution in [0.4, 0.5) is 0 Å². The van der Waals surface area contributed by atoms with Crippen LogP contribution in [0.25, 0.3) is 0 Å². The third kappa shape index (κ3) is 2.54. The zero-order chi connectivity index (χ0) is 17.8. The molecule has 0 spiro atoms. The van der Waals surface area contributed by atoms with E-state index in [2.05, 4.69) is 34.2 Å². The van der Waals surface area contributed by atoms with Crippen LogP contribution in [0.3, 0.4) is 0 Å². The van der Waals surface area contributed by atoms with Gasteiger partial charge in [-0.2, -0.15) is 0 Å². The first-order valence-electron chi connectivity index (χ1n) is 8.52. The number of aromatic nitrogens is 2. The number of imidazole rings is 1. The van der Waals surface area contributed by atoms with Crippen molar-refractivity contribution in [2.75, 3.05) is 0 Å². The molecule has 0 bridgehead atoms. The maximum Gasteiger partial charge on any atom is 0.150 e. The Balaban J connectivity index is 2.08. The summed E-state index contributed by atoms with van der Waals surface area (Å²) in [4.78, 5) is 19.1. The van der Waals surface area contributed by atoms with Crippen LogP contribution in [0.2, 0.25) is 0 Å². The molecule has 3 aromatic carbocycles. The van der Waals surface area contributed by atoms with Crippen molar-refractivity contribution in [2.24, 2.45) is 0 Å². The molecule has 1 heterocycles. The molecule has 0 saturated heterocycles. The van der Waals surface area contributed by atoms with Crippen molar-refractivity contribution >= 4 is 6.29 Å². The number of H-pyrrole nitrogens is 1. The van der Waals surface area contributed by atoms with Gasteiger partial charge in [0, 0.05) is 18.0 Å². The highest BCUT2D eigenvalue weighted by atomic mass is 16.1. The topological polar surface area (TPSA) is 45.8 Å². The number of hydrogen-bond acceptors (Lipinski definition) is 2. The van der Waals surface area contributed by atoms with Crippen molar-refractivity contribution in [3.63, 3.8) is 0 Å². The zero-order valence-corrected chi connectivity index (χ0v) is 14.2. The average molecular weight is 338 g/mol. The summed E-state index contributed by atoms with van der Waals surface area (Å²) in [5, 5.41) is 0. The maximum absolute atomic E-state index is 11.1. The molecule has 0 aliphatic heterocycles. The van der Waals surface area contributed by atoms with Gasteiger partial charge in [0.1, 0.15) is 17.5 Å². The Kier molecular flexibility index (Phi) is 4.20. The second-order valence-corrected chi connectivity index (χ2v) is 6.16. The molecule has 0 aliphatic carbocycles. The van der Waals surface area contributed by atoms with Crippen molar-refractivity contribution in [1.82, 2.24) is 9.97 Å². The molecule has 126 valence electrons. The van der Waals surface area contributed by atoms with E-state index in [1.165, 1.54) is 0 Å². The summed E-state index contributed by atoms with van der Waals surface area (Å²) in [7, 11) is 0. The predicted molar refractivity (Wildman–Crippen MR) is 102 cm³/mol. The van der Waals surface area contributed by atoms with Gasteiger partial charge in [0.05, 0.1) is 0 Å². The Bertz CT molecular complexity index is 936. The molecule has 0 radical (unpaired) electrons. The molecule has 26 heavy (non-hydrogen) atoms. The second-order valence-electron chi connectivity index (χ2n) is 6.16. The molecule has 0 amide bonds. The molecular formula is C23H18N2O. The van der Waals surface area contributed by atoms with Gasteiger partial charge in [-0.05, 0) is 16.7 Å². The minimum absolute atomic E-state index is 0.590. The third-order valence-corrected chi connectivity index (χ3v) is 4.75. The molecule has 4 rings (SSSR count). The number of nitrogens with zero attached hydrogens (tertiary/aromatic N) is 1. The van der Waals surface area contributed by atoms with Gasteiger partial charge >= 0.3 is 0 Å². The van der Waals surface area contributed by atoms with E-state index in [4.69, 9.17) is 0 Å². The fourth-order valence-corrected chi connectivity index (χ4v) is 3.57. The number of benzene rings is 3. The Labute approximate surface area is 152 Å². The standard InChI is InChI=1S/C23H18N2O/c26-17-18-11-13-21(14-12-18)23(22-24-15-16-25-22,19-7-3-1-4-8-19)20-9-5-2-6-10-20/h1-17H,(H,24,25). The van der Waals surface area contributed by atoms with E-state index in [0.717, 1.165) is 28.8 Å². The maximum atomic E-state index is 11.1. The van der Waals surface area contributed by atoms with Crippen molar-refractivity contribution in [3.8, 4) is 0 Å². The van der Waals surface area contributed by atoms with Crippen LogP contribution >= 0.6 is 0 Å². The summed E-state index contributed by atoms with van der Waals surface area (Å²) in [6.07, 6.45) is 4.48. The SMILES string of the molecule is O=Cc1ccc(C(c2ccccc2)(c2ccccc2)c2ncc[nH]2)cc1. The van der Waals surface area contributed by atoms with Crippen molar-refractivity contribution in [3.05, 3.63) is 125 Å². The van der Waals surface area contributed by atoms with Gasteiger partial charge in [-0.15, -0.1) is 0 Å². The molecule has 1 N–H and O–H groups in total. The summed E-state index contributed by atoms with van der Waals surface area (Å²) < 4.78 is 0. The fourth-order valence-electron chi connectivity index (χ4n) is 3.57. The summed E-state index contributed by atoms with van der Waals surface area (Å²) in [5.41, 5.74) is 3.34. The van der Waals surface area contributed by atoms with Gasteiger partial charge in [0.25, 0.3) is 0 Å². The van der Waals surface area contributed by atoms with Crippen LogP contribution in [0, 0.1) is 0 Å². The van der Waals surface area contributed by atoms with Crippen LogP contribution < -0.4 is 0 Å². The molecule has 4 aromatic rings. The lowest BCUT2D eigenvalue weighted by atomic mass is 9.68. The van der Waals surface area contributed by atoms with E-state index < -0.39 is 5.41 Å². The Morgan fingerprint density at radius 3 is 1.73 bits per heavy atom. The fraction of sp³-hybridized carbons (Fsp3) is 0.0435. The van der Waals surface area contributed by atoms with Gasteiger partial charge in [0.2, 0.25) is 0 Å². The Hall–Kier alpha value is -3.46. The number of carbonyl (C=O) groups excluding carboxylic acids is 1.